The summed E-state index contributed by atoms with van der Waals surface area (Å²) in [6.45, 7) is 0.0978. The van der Waals surface area contributed by atoms with Crippen molar-refractivity contribution in [2.24, 2.45) is 0 Å². The van der Waals surface area contributed by atoms with Crippen molar-refractivity contribution in [1.82, 2.24) is 4.72 Å². The number of hydrogen-bond donors (Lipinski definition) is 2. The van der Waals surface area contributed by atoms with E-state index in [-0.39, 0.29) is 16.1 Å². The minimum Gasteiger partial charge on any atom is -0.475 e. The van der Waals surface area contributed by atoms with Crippen LogP contribution in [-0.2, 0) is 16.6 Å². The van der Waals surface area contributed by atoms with Crippen LogP contribution in [0.5, 0.6) is 0 Å². The highest BCUT2D eigenvalue weighted by molar-refractivity contribution is 9.10. The zero-order valence-corrected chi connectivity index (χ0v) is 14.4. The van der Waals surface area contributed by atoms with Gasteiger partial charge in [0, 0.05) is 22.0 Å². The van der Waals surface area contributed by atoms with Gasteiger partial charge >= 0.3 is 5.97 Å². The van der Waals surface area contributed by atoms with Crippen LogP contribution in [-0.4, -0.2) is 19.5 Å². The van der Waals surface area contributed by atoms with E-state index in [2.05, 4.69) is 36.6 Å². The quantitative estimate of drug-likeness (QED) is 0.738. The van der Waals surface area contributed by atoms with Gasteiger partial charge in [-0.05, 0) is 43.3 Å². The summed E-state index contributed by atoms with van der Waals surface area (Å²) < 4.78 is 32.0. The molecule has 0 fully saturated rings. The second-order valence-corrected chi connectivity index (χ2v) is 7.88. The summed E-state index contributed by atoms with van der Waals surface area (Å²) in [6, 6.07) is 2.77. The molecule has 2 rings (SSSR count). The second kappa shape index (κ2) is 5.98. The molecule has 0 aliphatic rings. The minimum absolute atomic E-state index is 0.0978. The van der Waals surface area contributed by atoms with Crippen molar-refractivity contribution in [3.8, 4) is 0 Å². The molecule has 6 nitrogen and oxygen atoms in total. The molecule has 0 unspecified atom stereocenters. The molecular formula is C10H7Br2NO5S2. The summed E-state index contributed by atoms with van der Waals surface area (Å²) in [5.74, 6) is -1.79. The van der Waals surface area contributed by atoms with E-state index in [4.69, 9.17) is 9.52 Å². The molecule has 108 valence electrons. The van der Waals surface area contributed by atoms with Crippen molar-refractivity contribution < 1.29 is 22.7 Å². The highest BCUT2D eigenvalue weighted by Crippen LogP contribution is 2.27. The number of nitrogens with one attached hydrogen (secondary N) is 1. The summed E-state index contributed by atoms with van der Waals surface area (Å²) >= 11 is 7.59. The molecule has 2 heterocycles. The number of hydrogen-bond acceptors (Lipinski definition) is 5. The van der Waals surface area contributed by atoms with E-state index in [1.807, 2.05) is 11.4 Å². The molecule has 0 atom stereocenters. The lowest BCUT2D eigenvalue weighted by Crippen LogP contribution is -2.22. The van der Waals surface area contributed by atoms with Crippen molar-refractivity contribution in [2.75, 3.05) is 0 Å². The Balaban J connectivity index is 2.22. The van der Waals surface area contributed by atoms with Crippen LogP contribution in [0.25, 0.3) is 0 Å². The van der Waals surface area contributed by atoms with Crippen LogP contribution >= 0.6 is 43.2 Å². The number of carboxylic acids is 1. The van der Waals surface area contributed by atoms with Crippen LogP contribution in [0.2, 0.25) is 0 Å². The fourth-order valence-corrected chi connectivity index (χ4v) is 4.79. The van der Waals surface area contributed by atoms with Crippen molar-refractivity contribution in [1.29, 1.82) is 0 Å². The molecule has 2 N–H and O–H groups in total. The third-order valence-corrected chi connectivity index (χ3v) is 6.45. The molecule has 0 amide bonds. The number of aromatic carboxylic acids is 1. The number of sulfonamides is 1. The first-order valence-corrected chi connectivity index (χ1v) is 9.00. The van der Waals surface area contributed by atoms with Crippen LogP contribution in [0.3, 0.4) is 0 Å². The number of thiophene rings is 1. The molecule has 2 aromatic heterocycles. The minimum atomic E-state index is -3.86. The first-order valence-electron chi connectivity index (χ1n) is 5.05. The molecule has 2 aromatic rings. The van der Waals surface area contributed by atoms with E-state index in [0.29, 0.717) is 0 Å². The number of furan rings is 1. The first-order chi connectivity index (χ1) is 9.31. The van der Waals surface area contributed by atoms with Crippen molar-refractivity contribution in [3.63, 3.8) is 0 Å². The number of rotatable bonds is 5. The summed E-state index contributed by atoms with van der Waals surface area (Å²) in [6.07, 6.45) is 0. The third kappa shape index (κ3) is 3.31. The van der Waals surface area contributed by atoms with E-state index in [1.165, 1.54) is 11.3 Å². The third-order valence-electron chi connectivity index (χ3n) is 2.27. The van der Waals surface area contributed by atoms with Gasteiger partial charge in [-0.25, -0.2) is 17.9 Å². The highest BCUT2D eigenvalue weighted by Gasteiger charge is 2.24. The standard InChI is InChI=1S/C10H7Br2NO5S2/c11-5-1-2-19-7(5)4-13-20(16,17)8-3-6(10(14)15)18-9(8)12/h1-3,13H,4H2,(H,14,15). The lowest BCUT2D eigenvalue weighted by molar-refractivity contribution is 0.0661. The van der Waals surface area contributed by atoms with E-state index in [9.17, 15) is 13.2 Å². The molecule has 0 aromatic carbocycles. The summed E-state index contributed by atoms with van der Waals surface area (Å²) in [7, 11) is -3.86. The maximum atomic E-state index is 12.1. The molecule has 10 heteroatoms. The zero-order chi connectivity index (χ0) is 14.9. The van der Waals surface area contributed by atoms with Gasteiger partial charge in [0.25, 0.3) is 0 Å². The molecule has 0 spiro atoms. The van der Waals surface area contributed by atoms with Gasteiger partial charge in [0.1, 0.15) is 4.90 Å². The fourth-order valence-electron chi connectivity index (χ4n) is 1.33. The molecule has 0 aliphatic carbocycles. The molecule has 0 aliphatic heterocycles. The Morgan fingerprint density at radius 3 is 2.65 bits per heavy atom. The van der Waals surface area contributed by atoms with Crippen LogP contribution in [0, 0.1) is 0 Å². The molecule has 0 saturated carbocycles. The van der Waals surface area contributed by atoms with E-state index < -0.39 is 21.8 Å². The normalized spacial score (nSPS) is 11.7. The number of carbonyl (C=O) groups is 1. The Hall–Kier alpha value is -0.680. The summed E-state index contributed by atoms with van der Waals surface area (Å²) in [5.41, 5.74) is 0. The Morgan fingerprint density at radius 2 is 2.15 bits per heavy atom. The molecule has 0 saturated heterocycles. The Labute approximate surface area is 135 Å². The topological polar surface area (TPSA) is 96.6 Å². The largest absolute Gasteiger partial charge is 0.475 e. The lowest BCUT2D eigenvalue weighted by Gasteiger charge is -2.04. The Bertz CT molecular complexity index is 750. The smallest absolute Gasteiger partial charge is 0.371 e. The van der Waals surface area contributed by atoms with Gasteiger partial charge in [0.05, 0.1) is 0 Å². The van der Waals surface area contributed by atoms with Crippen LogP contribution in [0.4, 0.5) is 0 Å². The predicted molar refractivity (Wildman–Crippen MR) is 79.4 cm³/mol. The molecule has 0 radical (unpaired) electrons. The molecule has 20 heavy (non-hydrogen) atoms. The van der Waals surface area contributed by atoms with E-state index >= 15 is 0 Å². The predicted octanol–water partition coefficient (Wildman–Crippen LogP) is 3.04. The van der Waals surface area contributed by atoms with Crippen molar-refractivity contribution in [3.05, 3.63) is 37.3 Å². The zero-order valence-electron chi connectivity index (χ0n) is 9.59. The SMILES string of the molecule is O=C(O)c1cc(S(=O)(=O)NCc2sccc2Br)c(Br)o1. The van der Waals surface area contributed by atoms with Gasteiger partial charge in [0.2, 0.25) is 15.8 Å². The average Bonchev–Trinajstić information content (AvgIpc) is 2.93. The highest BCUT2D eigenvalue weighted by atomic mass is 79.9. The van der Waals surface area contributed by atoms with Crippen LogP contribution < -0.4 is 4.72 Å². The van der Waals surface area contributed by atoms with E-state index in [1.54, 1.807) is 0 Å². The van der Waals surface area contributed by atoms with Gasteiger partial charge in [-0.3, -0.25) is 0 Å². The number of halogens is 2. The Morgan fingerprint density at radius 1 is 1.45 bits per heavy atom. The van der Waals surface area contributed by atoms with E-state index in [0.717, 1.165) is 15.4 Å². The number of carboxylic acid groups (broad SMARTS) is 1. The van der Waals surface area contributed by atoms with Gasteiger partial charge in [-0.2, -0.15) is 0 Å². The van der Waals surface area contributed by atoms with Crippen LogP contribution in [0.15, 0.2) is 36.0 Å². The first kappa shape index (κ1) is 15.7. The molecular weight excluding hydrogens is 438 g/mol. The van der Waals surface area contributed by atoms with Gasteiger partial charge in [-0.1, -0.05) is 0 Å². The maximum Gasteiger partial charge on any atom is 0.371 e. The lowest BCUT2D eigenvalue weighted by atomic mass is 10.5. The monoisotopic (exact) mass is 443 g/mol. The summed E-state index contributed by atoms with van der Waals surface area (Å²) in [5, 5.41) is 10.6. The fraction of sp³-hybridized carbons (Fsp3) is 0.100. The van der Waals surface area contributed by atoms with Crippen molar-refractivity contribution >= 4 is 59.2 Å². The van der Waals surface area contributed by atoms with Gasteiger partial charge in [0.15, 0.2) is 4.67 Å². The Kier molecular flexibility index (Phi) is 4.69. The van der Waals surface area contributed by atoms with Gasteiger partial charge in [-0.15, -0.1) is 11.3 Å². The van der Waals surface area contributed by atoms with Crippen molar-refractivity contribution in [2.45, 2.75) is 11.4 Å². The summed E-state index contributed by atoms with van der Waals surface area (Å²) in [4.78, 5) is 11.3. The maximum absolute atomic E-state index is 12.1. The second-order valence-electron chi connectivity index (χ2n) is 3.57. The average molecular weight is 445 g/mol. The van der Waals surface area contributed by atoms with Gasteiger partial charge < -0.3 is 9.52 Å². The van der Waals surface area contributed by atoms with Crippen LogP contribution in [0.1, 0.15) is 15.4 Å². The molecule has 0 bridgehead atoms.